The highest BCUT2D eigenvalue weighted by molar-refractivity contribution is 8.00. The van der Waals surface area contributed by atoms with Crippen molar-refractivity contribution >= 4 is 17.7 Å². The maximum atomic E-state index is 11.6. The van der Waals surface area contributed by atoms with E-state index in [1.165, 1.54) is 29.4 Å². The molecular formula is C24H41NO2S. The van der Waals surface area contributed by atoms with Gasteiger partial charge in [-0.3, -0.25) is 4.79 Å². The Morgan fingerprint density at radius 2 is 1.46 bits per heavy atom. The number of nitrogens with two attached hydrogens (primary N) is 1. The molecular weight excluding hydrogens is 366 g/mol. The fourth-order valence-electron chi connectivity index (χ4n) is 2.63. The Morgan fingerprint density at radius 3 is 1.96 bits per heavy atom. The van der Waals surface area contributed by atoms with Crippen LogP contribution in [0.3, 0.4) is 0 Å². The van der Waals surface area contributed by atoms with Gasteiger partial charge in [0.1, 0.15) is 6.04 Å². The first-order valence-corrected chi connectivity index (χ1v) is 11.2. The molecule has 0 aromatic rings. The van der Waals surface area contributed by atoms with Crippen molar-refractivity contribution in [1.29, 1.82) is 0 Å². The van der Waals surface area contributed by atoms with Gasteiger partial charge in [0.05, 0.1) is 7.11 Å². The van der Waals surface area contributed by atoms with E-state index in [9.17, 15) is 4.79 Å². The van der Waals surface area contributed by atoms with E-state index in [-0.39, 0.29) is 5.97 Å². The summed E-state index contributed by atoms with van der Waals surface area (Å²) in [7, 11) is 1.39. The average molecular weight is 408 g/mol. The minimum atomic E-state index is -0.570. The summed E-state index contributed by atoms with van der Waals surface area (Å²) in [6, 6.07) is -0.570. The topological polar surface area (TPSA) is 52.3 Å². The smallest absolute Gasteiger partial charge is 0.323 e. The molecule has 160 valence electrons. The lowest BCUT2D eigenvalue weighted by atomic mass is 10.1. The van der Waals surface area contributed by atoms with E-state index in [2.05, 4.69) is 65.8 Å². The van der Waals surface area contributed by atoms with Crippen LogP contribution in [0.25, 0.3) is 0 Å². The van der Waals surface area contributed by atoms with Gasteiger partial charge in [-0.2, -0.15) is 11.8 Å². The molecule has 0 saturated heterocycles. The lowest BCUT2D eigenvalue weighted by Gasteiger charge is -2.15. The van der Waals surface area contributed by atoms with Gasteiger partial charge < -0.3 is 10.5 Å². The van der Waals surface area contributed by atoms with Crippen molar-refractivity contribution in [3.05, 3.63) is 46.6 Å². The van der Waals surface area contributed by atoms with Crippen molar-refractivity contribution in [2.75, 3.05) is 12.9 Å². The van der Waals surface area contributed by atoms with Crippen LogP contribution in [-0.2, 0) is 9.53 Å². The van der Waals surface area contributed by atoms with Crippen LogP contribution >= 0.6 is 11.8 Å². The maximum absolute atomic E-state index is 11.6. The second-order valence-corrected chi connectivity index (χ2v) is 9.21. The quantitative estimate of drug-likeness (QED) is 0.285. The van der Waals surface area contributed by atoms with Crippen LogP contribution in [0.2, 0.25) is 0 Å². The number of hydrogen-bond donors (Lipinski definition) is 1. The van der Waals surface area contributed by atoms with Gasteiger partial charge >= 0.3 is 5.97 Å². The molecule has 0 rings (SSSR count). The van der Waals surface area contributed by atoms with E-state index in [4.69, 9.17) is 10.5 Å². The molecule has 1 unspecified atom stereocenters. The van der Waals surface area contributed by atoms with Gasteiger partial charge in [-0.25, -0.2) is 0 Å². The molecule has 0 aromatic heterocycles. The lowest BCUT2D eigenvalue weighted by molar-refractivity contribution is -0.141. The Bertz CT molecular complexity index is 579. The van der Waals surface area contributed by atoms with Gasteiger partial charge in [-0.15, -0.1) is 0 Å². The van der Waals surface area contributed by atoms with E-state index >= 15 is 0 Å². The Kier molecular flexibility index (Phi) is 14.9. The fraction of sp³-hybridized carbons (Fsp3) is 0.625. The summed E-state index contributed by atoms with van der Waals surface area (Å²) < 4.78 is 4.75. The van der Waals surface area contributed by atoms with Crippen molar-refractivity contribution in [2.45, 2.75) is 84.9 Å². The number of carbonyl (C=O) groups excluding carboxylic acids is 1. The minimum absolute atomic E-state index is 0.320. The molecule has 0 radical (unpaired) electrons. The number of esters is 1. The third kappa shape index (κ3) is 14.8. The Morgan fingerprint density at radius 1 is 0.929 bits per heavy atom. The van der Waals surface area contributed by atoms with Crippen LogP contribution < -0.4 is 5.73 Å². The number of methoxy groups -OCH3 is 1. The molecule has 0 aliphatic rings. The number of hydrogen-bond acceptors (Lipinski definition) is 4. The highest BCUT2D eigenvalue weighted by Crippen LogP contribution is 2.22. The van der Waals surface area contributed by atoms with Crippen molar-refractivity contribution in [3.8, 4) is 0 Å². The highest BCUT2D eigenvalue weighted by Gasteiger charge is 2.16. The SMILES string of the molecule is COC(=O)[C@@H](N)CSC(/C=C(\C)CCC=C(C)C)C/C=C(\C)CCC=C(C)C. The molecule has 0 bridgehead atoms. The fourth-order valence-corrected chi connectivity index (χ4v) is 3.78. The molecule has 0 aliphatic heterocycles. The number of thioether (sulfide) groups is 1. The molecule has 0 saturated carbocycles. The molecule has 0 heterocycles. The zero-order valence-corrected chi connectivity index (χ0v) is 19.8. The highest BCUT2D eigenvalue weighted by atomic mass is 32.2. The molecule has 0 amide bonds. The van der Waals surface area contributed by atoms with Gasteiger partial charge in [0.15, 0.2) is 0 Å². The van der Waals surface area contributed by atoms with Gasteiger partial charge in [0.2, 0.25) is 0 Å². The zero-order chi connectivity index (χ0) is 21.5. The first-order valence-electron chi connectivity index (χ1n) is 10.2. The third-order valence-electron chi connectivity index (χ3n) is 4.35. The summed E-state index contributed by atoms with van der Waals surface area (Å²) in [5, 5.41) is 0.320. The van der Waals surface area contributed by atoms with Gasteiger partial charge in [0.25, 0.3) is 0 Å². The zero-order valence-electron chi connectivity index (χ0n) is 19.0. The summed E-state index contributed by atoms with van der Waals surface area (Å²) >= 11 is 1.74. The first kappa shape index (κ1) is 26.7. The number of allylic oxidation sites excluding steroid dienone is 7. The van der Waals surface area contributed by atoms with Crippen LogP contribution in [0.4, 0.5) is 0 Å². The summed E-state index contributed by atoms with van der Waals surface area (Å²) in [4.78, 5) is 11.6. The minimum Gasteiger partial charge on any atom is -0.468 e. The van der Waals surface area contributed by atoms with E-state index in [0.29, 0.717) is 11.0 Å². The number of carbonyl (C=O) groups is 1. The van der Waals surface area contributed by atoms with E-state index in [1.807, 2.05) is 0 Å². The second-order valence-electron chi connectivity index (χ2n) is 7.94. The predicted molar refractivity (Wildman–Crippen MR) is 126 cm³/mol. The van der Waals surface area contributed by atoms with Crippen molar-refractivity contribution in [3.63, 3.8) is 0 Å². The van der Waals surface area contributed by atoms with Crippen LogP contribution in [0, 0.1) is 0 Å². The van der Waals surface area contributed by atoms with Gasteiger partial charge in [-0.05, 0) is 73.6 Å². The van der Waals surface area contributed by atoms with Crippen LogP contribution in [0.5, 0.6) is 0 Å². The normalized spacial score (nSPS) is 14.3. The Hall–Kier alpha value is -1.26. The van der Waals surface area contributed by atoms with Gasteiger partial charge in [-0.1, -0.05) is 46.6 Å². The van der Waals surface area contributed by atoms with E-state index in [1.54, 1.807) is 11.8 Å². The number of rotatable bonds is 13. The van der Waals surface area contributed by atoms with Crippen molar-refractivity contribution in [1.82, 2.24) is 0 Å². The predicted octanol–water partition coefficient (Wildman–Crippen LogP) is 6.36. The molecule has 0 fully saturated rings. The Balaban J connectivity index is 4.93. The average Bonchev–Trinajstić information content (AvgIpc) is 2.62. The van der Waals surface area contributed by atoms with Crippen molar-refractivity contribution in [2.24, 2.45) is 5.73 Å². The van der Waals surface area contributed by atoms with Crippen molar-refractivity contribution < 1.29 is 9.53 Å². The maximum Gasteiger partial charge on any atom is 0.323 e. The van der Waals surface area contributed by atoms with E-state index < -0.39 is 6.04 Å². The summed E-state index contributed by atoms with van der Waals surface area (Å²) in [6.07, 6.45) is 14.5. The monoisotopic (exact) mass is 407 g/mol. The van der Waals surface area contributed by atoms with E-state index in [0.717, 1.165) is 32.1 Å². The molecule has 0 spiro atoms. The summed E-state index contributed by atoms with van der Waals surface area (Å²) in [5.74, 6) is 0.226. The first-order chi connectivity index (χ1) is 13.1. The van der Waals surface area contributed by atoms with Crippen LogP contribution in [-0.4, -0.2) is 30.1 Å². The summed E-state index contributed by atoms with van der Waals surface area (Å²) in [6.45, 7) is 12.9. The molecule has 0 aromatic carbocycles. The third-order valence-corrected chi connectivity index (χ3v) is 5.65. The standard InChI is InChI=1S/C24H41NO2S/c1-18(2)10-8-12-20(5)14-15-22(28-17-23(25)24(26)27-7)16-21(6)13-9-11-19(3)4/h10-11,14,16,22-23H,8-9,12-13,15,17,25H2,1-7H3/b20-14+,21-16+/t22?,23-/m0/s1. The van der Waals surface area contributed by atoms with Crippen LogP contribution in [0.15, 0.2) is 46.6 Å². The second kappa shape index (κ2) is 15.6. The summed E-state index contributed by atoms with van der Waals surface area (Å²) in [5.41, 5.74) is 11.5. The molecule has 28 heavy (non-hydrogen) atoms. The molecule has 3 nitrogen and oxygen atoms in total. The van der Waals surface area contributed by atoms with Crippen LogP contribution in [0.1, 0.15) is 73.6 Å². The Labute approximate surface area is 177 Å². The van der Waals surface area contributed by atoms with Gasteiger partial charge in [0, 0.05) is 11.0 Å². The molecule has 4 heteroatoms. The number of ether oxygens (including phenoxy) is 1. The molecule has 2 N–H and O–H groups in total. The molecule has 0 aliphatic carbocycles. The lowest BCUT2D eigenvalue weighted by Crippen LogP contribution is -2.34. The molecule has 2 atom stereocenters. The largest absolute Gasteiger partial charge is 0.468 e.